The van der Waals surface area contributed by atoms with Crippen LogP contribution in [-0.4, -0.2) is 57.6 Å². The summed E-state index contributed by atoms with van der Waals surface area (Å²) in [4.78, 5) is 51.5. The van der Waals surface area contributed by atoms with Crippen LogP contribution in [0.5, 0.6) is 0 Å². The molecule has 2 aromatic rings. The van der Waals surface area contributed by atoms with Crippen LogP contribution >= 0.6 is 11.8 Å². The van der Waals surface area contributed by atoms with Crippen LogP contribution in [0.4, 0.5) is 4.79 Å². The van der Waals surface area contributed by atoms with Crippen LogP contribution in [0.2, 0.25) is 0 Å². The molecule has 0 radical (unpaired) electrons. The highest BCUT2D eigenvalue weighted by molar-refractivity contribution is 8.18. The lowest BCUT2D eigenvalue weighted by Crippen LogP contribution is -2.44. The molecule has 2 saturated heterocycles. The maximum atomic E-state index is 12.7. The highest BCUT2D eigenvalue weighted by Crippen LogP contribution is 2.34. The predicted molar refractivity (Wildman–Crippen MR) is 119 cm³/mol. The molecule has 4 rings (SSSR count). The molecule has 0 bridgehead atoms. The molecule has 8 nitrogen and oxygen atoms in total. The second-order valence-corrected chi connectivity index (χ2v) is 8.74. The van der Waals surface area contributed by atoms with E-state index in [4.69, 9.17) is 9.52 Å². The molecule has 0 saturated carbocycles. The van der Waals surface area contributed by atoms with Gasteiger partial charge in [0.15, 0.2) is 0 Å². The molecule has 32 heavy (non-hydrogen) atoms. The fourth-order valence-electron chi connectivity index (χ4n) is 3.79. The number of furan rings is 1. The zero-order valence-corrected chi connectivity index (χ0v) is 18.3. The van der Waals surface area contributed by atoms with Crippen LogP contribution in [0.1, 0.15) is 40.9 Å². The number of aromatic carboxylic acids is 1. The van der Waals surface area contributed by atoms with Crippen molar-refractivity contribution < 1.29 is 28.7 Å². The summed E-state index contributed by atoms with van der Waals surface area (Å²) in [6.07, 6.45) is 4.45. The van der Waals surface area contributed by atoms with Crippen LogP contribution in [0.25, 0.3) is 17.4 Å². The molecule has 0 atom stereocenters. The van der Waals surface area contributed by atoms with E-state index < -0.39 is 17.1 Å². The number of piperidine rings is 1. The Labute approximate surface area is 188 Å². The molecule has 3 heterocycles. The average Bonchev–Trinajstić information content (AvgIpc) is 3.34. The SMILES string of the molecule is Cc1cc(C(=O)O)ccc1-c1ccc(/C=C2\SC(=O)N(CC(=O)N3CCCCC3)C2=O)o1. The number of amides is 3. The van der Waals surface area contributed by atoms with E-state index in [-0.39, 0.29) is 22.9 Å². The van der Waals surface area contributed by atoms with E-state index in [1.54, 1.807) is 36.1 Å². The van der Waals surface area contributed by atoms with Gasteiger partial charge in [-0.15, -0.1) is 0 Å². The van der Waals surface area contributed by atoms with Crippen molar-refractivity contribution in [3.63, 3.8) is 0 Å². The predicted octanol–water partition coefficient (Wildman–Crippen LogP) is 4.00. The van der Waals surface area contributed by atoms with Gasteiger partial charge in [-0.2, -0.15) is 0 Å². The van der Waals surface area contributed by atoms with Crippen molar-refractivity contribution in [1.29, 1.82) is 0 Å². The highest BCUT2D eigenvalue weighted by Gasteiger charge is 2.37. The maximum Gasteiger partial charge on any atom is 0.335 e. The first-order valence-electron chi connectivity index (χ1n) is 10.3. The van der Waals surface area contributed by atoms with Crippen molar-refractivity contribution in [1.82, 2.24) is 9.80 Å². The number of aryl methyl sites for hydroxylation is 1. The van der Waals surface area contributed by atoms with E-state index in [2.05, 4.69) is 0 Å². The zero-order chi connectivity index (χ0) is 22.8. The number of hydrogen-bond acceptors (Lipinski definition) is 6. The van der Waals surface area contributed by atoms with Crippen molar-refractivity contribution >= 4 is 40.9 Å². The number of benzene rings is 1. The van der Waals surface area contributed by atoms with Gasteiger partial charge < -0.3 is 14.4 Å². The number of hydrogen-bond donors (Lipinski definition) is 1. The maximum absolute atomic E-state index is 12.7. The summed E-state index contributed by atoms with van der Waals surface area (Å²) in [6, 6.07) is 8.12. The van der Waals surface area contributed by atoms with Gasteiger partial charge in [0, 0.05) is 24.7 Å². The van der Waals surface area contributed by atoms with E-state index in [9.17, 15) is 19.2 Å². The van der Waals surface area contributed by atoms with Gasteiger partial charge in [0.1, 0.15) is 18.1 Å². The second kappa shape index (κ2) is 9.04. The Morgan fingerprint density at radius 2 is 1.88 bits per heavy atom. The van der Waals surface area contributed by atoms with Crippen LogP contribution in [0, 0.1) is 6.92 Å². The van der Waals surface area contributed by atoms with E-state index in [1.165, 1.54) is 12.1 Å². The number of carbonyl (C=O) groups is 4. The molecule has 9 heteroatoms. The molecule has 2 aliphatic rings. The first-order valence-corrected chi connectivity index (χ1v) is 11.1. The summed E-state index contributed by atoms with van der Waals surface area (Å²) >= 11 is 0.781. The zero-order valence-electron chi connectivity index (χ0n) is 17.5. The van der Waals surface area contributed by atoms with E-state index in [0.29, 0.717) is 24.6 Å². The number of nitrogens with zero attached hydrogens (tertiary/aromatic N) is 2. The molecule has 0 spiro atoms. The Balaban J connectivity index is 1.48. The fraction of sp³-hybridized carbons (Fsp3) is 0.304. The largest absolute Gasteiger partial charge is 0.478 e. The molecule has 1 aromatic carbocycles. The quantitative estimate of drug-likeness (QED) is 0.680. The van der Waals surface area contributed by atoms with Gasteiger partial charge in [-0.05, 0) is 67.8 Å². The van der Waals surface area contributed by atoms with E-state index >= 15 is 0 Å². The molecule has 2 aliphatic heterocycles. The minimum absolute atomic E-state index is 0.186. The number of rotatable bonds is 5. The van der Waals surface area contributed by atoms with Gasteiger partial charge in [0.25, 0.3) is 11.1 Å². The molecule has 166 valence electrons. The first-order chi connectivity index (χ1) is 15.3. The van der Waals surface area contributed by atoms with Crippen molar-refractivity contribution in [2.45, 2.75) is 26.2 Å². The molecule has 3 amide bonds. The van der Waals surface area contributed by atoms with Gasteiger partial charge in [-0.25, -0.2) is 4.79 Å². The summed E-state index contributed by atoms with van der Waals surface area (Å²) in [5.41, 5.74) is 1.66. The lowest BCUT2D eigenvalue weighted by molar-refractivity contribution is -0.136. The van der Waals surface area contributed by atoms with Gasteiger partial charge in [0.2, 0.25) is 5.91 Å². The van der Waals surface area contributed by atoms with Gasteiger partial charge in [-0.3, -0.25) is 19.3 Å². The average molecular weight is 455 g/mol. The summed E-state index contributed by atoms with van der Waals surface area (Å²) in [5, 5.41) is 8.64. The number of likely N-dealkylation sites (tertiary alicyclic amines) is 1. The number of carboxylic acids is 1. The third-order valence-electron chi connectivity index (χ3n) is 5.51. The summed E-state index contributed by atoms with van der Waals surface area (Å²) in [6.45, 7) is 2.86. The van der Waals surface area contributed by atoms with Crippen molar-refractivity contribution in [2.75, 3.05) is 19.6 Å². The number of carbonyl (C=O) groups excluding carboxylic acids is 3. The van der Waals surface area contributed by atoms with E-state index in [0.717, 1.165) is 47.1 Å². The van der Waals surface area contributed by atoms with Crippen molar-refractivity contribution in [3.05, 3.63) is 52.1 Å². The standard InChI is InChI=1S/C23H22N2O6S/c1-14-11-15(22(28)29)5-7-17(14)18-8-6-16(31-18)12-19-21(27)25(23(30)32-19)13-20(26)24-9-3-2-4-10-24/h5-8,11-12H,2-4,9-10,13H2,1H3,(H,28,29)/b19-12-. The van der Waals surface area contributed by atoms with Gasteiger partial charge >= 0.3 is 5.97 Å². The Morgan fingerprint density at radius 1 is 1.12 bits per heavy atom. The monoisotopic (exact) mass is 454 g/mol. The molecule has 0 unspecified atom stereocenters. The third-order valence-corrected chi connectivity index (χ3v) is 6.42. The Morgan fingerprint density at radius 3 is 2.56 bits per heavy atom. The van der Waals surface area contributed by atoms with Crippen LogP contribution in [0.3, 0.4) is 0 Å². The lowest BCUT2D eigenvalue weighted by Gasteiger charge is -2.27. The minimum Gasteiger partial charge on any atom is -0.478 e. The Bertz CT molecular complexity index is 1130. The van der Waals surface area contributed by atoms with Crippen LogP contribution in [-0.2, 0) is 9.59 Å². The molecule has 1 N–H and O–H groups in total. The van der Waals surface area contributed by atoms with Crippen LogP contribution < -0.4 is 0 Å². The van der Waals surface area contributed by atoms with Crippen molar-refractivity contribution in [3.8, 4) is 11.3 Å². The molecular formula is C23H22N2O6S. The van der Waals surface area contributed by atoms with E-state index in [1.807, 2.05) is 0 Å². The molecular weight excluding hydrogens is 432 g/mol. The van der Waals surface area contributed by atoms with Crippen molar-refractivity contribution in [2.24, 2.45) is 0 Å². The van der Waals surface area contributed by atoms with Gasteiger partial charge in [-0.1, -0.05) is 6.07 Å². The van der Waals surface area contributed by atoms with Gasteiger partial charge in [0.05, 0.1) is 10.5 Å². The topological polar surface area (TPSA) is 108 Å². The van der Waals surface area contributed by atoms with Crippen LogP contribution in [0.15, 0.2) is 39.7 Å². The molecule has 0 aliphatic carbocycles. The summed E-state index contributed by atoms with van der Waals surface area (Å²) in [7, 11) is 0. The smallest absolute Gasteiger partial charge is 0.335 e. The normalized spacial score (nSPS) is 18.0. The number of carboxylic acid groups (broad SMARTS) is 1. The summed E-state index contributed by atoms with van der Waals surface area (Å²) < 4.78 is 5.81. The number of thioether (sulfide) groups is 1. The third kappa shape index (κ3) is 4.47. The molecule has 2 fully saturated rings. The Hall–Kier alpha value is -3.33. The minimum atomic E-state index is -1.01. The second-order valence-electron chi connectivity index (χ2n) is 7.75. The lowest BCUT2D eigenvalue weighted by atomic mass is 10.0. The fourth-order valence-corrected chi connectivity index (χ4v) is 4.61. The first kappa shape index (κ1) is 21.9. The molecule has 1 aromatic heterocycles. The summed E-state index contributed by atoms with van der Waals surface area (Å²) in [5.74, 6) is -0.826. The highest BCUT2D eigenvalue weighted by atomic mass is 32.2. The Kier molecular flexibility index (Phi) is 6.18. The number of imide groups is 1.